The van der Waals surface area contributed by atoms with Gasteiger partial charge in [-0.05, 0) is 62.9 Å². The Hall–Kier alpha value is -2.94. The second-order valence-corrected chi connectivity index (χ2v) is 11.6. The van der Waals surface area contributed by atoms with Gasteiger partial charge in [0.1, 0.15) is 18.4 Å². The van der Waals surface area contributed by atoms with Crippen LogP contribution in [0.5, 0.6) is 0 Å². The van der Waals surface area contributed by atoms with E-state index in [9.17, 15) is 22.4 Å². The van der Waals surface area contributed by atoms with Crippen molar-refractivity contribution in [2.24, 2.45) is 0 Å². The van der Waals surface area contributed by atoms with Gasteiger partial charge in [0.05, 0.1) is 11.9 Å². The largest absolute Gasteiger partial charge is 0.352 e. The summed E-state index contributed by atoms with van der Waals surface area (Å²) in [6.07, 6.45) is 6.02. The Kier molecular flexibility index (Phi) is 9.11. The number of amides is 2. The molecule has 0 aliphatic heterocycles. The molecule has 1 atom stereocenters. The minimum Gasteiger partial charge on any atom is -0.352 e. The molecule has 1 aliphatic rings. The highest BCUT2D eigenvalue weighted by Crippen LogP contribution is 2.23. The van der Waals surface area contributed by atoms with Crippen LogP contribution in [0.2, 0.25) is 0 Å². The number of aryl methyl sites for hydroxylation is 2. The van der Waals surface area contributed by atoms with Crippen LogP contribution in [0.25, 0.3) is 0 Å². The lowest BCUT2D eigenvalue weighted by Crippen LogP contribution is -2.53. The number of rotatable bonds is 9. The summed E-state index contributed by atoms with van der Waals surface area (Å²) in [7, 11) is -3.81. The maximum Gasteiger partial charge on any atom is 0.244 e. The number of carbonyl (C=O) groups excluding carboxylic acids is 2. The first-order valence-electron chi connectivity index (χ1n) is 12.4. The monoisotopic (exact) mass is 517 g/mol. The fourth-order valence-corrected chi connectivity index (χ4v) is 5.30. The molecule has 0 heterocycles. The summed E-state index contributed by atoms with van der Waals surface area (Å²) in [5, 5.41) is 3.02. The van der Waals surface area contributed by atoms with Crippen LogP contribution in [0, 0.1) is 19.7 Å². The Morgan fingerprint density at radius 3 is 2.33 bits per heavy atom. The van der Waals surface area contributed by atoms with Crippen molar-refractivity contribution in [3.05, 3.63) is 65.0 Å². The molecule has 1 saturated carbocycles. The SMILES string of the molecule is Cc1ccc(N(CC(=O)N(Cc2ccccc2F)[C@@H](C)C(=O)NC2CCCCC2)S(C)(=O)=O)cc1C. The summed E-state index contributed by atoms with van der Waals surface area (Å²) in [4.78, 5) is 28.0. The van der Waals surface area contributed by atoms with Crippen molar-refractivity contribution >= 4 is 27.5 Å². The molecule has 3 rings (SSSR count). The van der Waals surface area contributed by atoms with Gasteiger partial charge < -0.3 is 10.2 Å². The van der Waals surface area contributed by atoms with E-state index in [-0.39, 0.29) is 24.1 Å². The topological polar surface area (TPSA) is 86.8 Å². The first kappa shape index (κ1) is 27.6. The van der Waals surface area contributed by atoms with Crippen molar-refractivity contribution in [2.45, 2.75) is 71.5 Å². The molecule has 0 radical (unpaired) electrons. The summed E-state index contributed by atoms with van der Waals surface area (Å²) in [5.41, 5.74) is 2.49. The second kappa shape index (κ2) is 11.9. The summed E-state index contributed by atoms with van der Waals surface area (Å²) in [6.45, 7) is 4.71. The maximum atomic E-state index is 14.5. The zero-order chi connectivity index (χ0) is 26.5. The van der Waals surface area contributed by atoms with Crippen molar-refractivity contribution in [3.8, 4) is 0 Å². The zero-order valence-corrected chi connectivity index (χ0v) is 22.3. The molecule has 1 aliphatic carbocycles. The zero-order valence-electron chi connectivity index (χ0n) is 21.5. The molecule has 0 bridgehead atoms. The molecular formula is C27H36FN3O4S. The van der Waals surface area contributed by atoms with E-state index in [2.05, 4.69) is 5.32 Å². The molecule has 2 aromatic carbocycles. The first-order chi connectivity index (χ1) is 17.0. The van der Waals surface area contributed by atoms with Gasteiger partial charge in [0.15, 0.2) is 0 Å². The van der Waals surface area contributed by atoms with Crippen LogP contribution in [0.3, 0.4) is 0 Å². The van der Waals surface area contributed by atoms with Crippen LogP contribution < -0.4 is 9.62 Å². The molecule has 36 heavy (non-hydrogen) atoms. The molecule has 0 spiro atoms. The highest BCUT2D eigenvalue weighted by molar-refractivity contribution is 7.92. The van der Waals surface area contributed by atoms with Gasteiger partial charge in [-0.3, -0.25) is 13.9 Å². The number of halogens is 1. The Morgan fingerprint density at radius 2 is 1.72 bits per heavy atom. The van der Waals surface area contributed by atoms with Gasteiger partial charge in [0, 0.05) is 18.2 Å². The van der Waals surface area contributed by atoms with E-state index < -0.39 is 34.3 Å². The number of sulfonamides is 1. The van der Waals surface area contributed by atoms with Crippen LogP contribution in [0.1, 0.15) is 55.7 Å². The molecule has 7 nitrogen and oxygen atoms in total. The third-order valence-corrected chi connectivity index (χ3v) is 8.02. The van der Waals surface area contributed by atoms with Crippen molar-refractivity contribution < 1.29 is 22.4 Å². The molecule has 1 fully saturated rings. The fraction of sp³-hybridized carbons (Fsp3) is 0.481. The third-order valence-electron chi connectivity index (χ3n) is 6.88. The van der Waals surface area contributed by atoms with Crippen molar-refractivity contribution in [2.75, 3.05) is 17.1 Å². The molecule has 0 unspecified atom stereocenters. The number of carbonyl (C=O) groups is 2. The fourth-order valence-electron chi connectivity index (χ4n) is 4.46. The molecule has 1 N–H and O–H groups in total. The Morgan fingerprint density at radius 1 is 1.06 bits per heavy atom. The summed E-state index contributed by atoms with van der Waals surface area (Å²) >= 11 is 0. The smallest absolute Gasteiger partial charge is 0.244 e. The van der Waals surface area contributed by atoms with Gasteiger partial charge in [-0.1, -0.05) is 43.5 Å². The van der Waals surface area contributed by atoms with E-state index in [4.69, 9.17) is 0 Å². The van der Waals surface area contributed by atoms with E-state index in [1.54, 1.807) is 43.3 Å². The Labute approximate surface area is 213 Å². The van der Waals surface area contributed by atoms with E-state index in [0.29, 0.717) is 5.69 Å². The van der Waals surface area contributed by atoms with Crippen LogP contribution in [0.15, 0.2) is 42.5 Å². The lowest BCUT2D eigenvalue weighted by Gasteiger charge is -2.33. The molecule has 2 amide bonds. The van der Waals surface area contributed by atoms with E-state index in [1.807, 2.05) is 13.8 Å². The average Bonchev–Trinajstić information content (AvgIpc) is 2.83. The van der Waals surface area contributed by atoms with Crippen LogP contribution >= 0.6 is 0 Å². The summed E-state index contributed by atoms with van der Waals surface area (Å²) < 4.78 is 40.9. The van der Waals surface area contributed by atoms with Gasteiger partial charge >= 0.3 is 0 Å². The Balaban J connectivity index is 1.89. The van der Waals surface area contributed by atoms with Crippen LogP contribution in [-0.4, -0.2) is 50.0 Å². The first-order valence-corrected chi connectivity index (χ1v) is 14.2. The number of benzene rings is 2. The Bertz CT molecular complexity index is 1200. The quantitative estimate of drug-likeness (QED) is 0.543. The van der Waals surface area contributed by atoms with Gasteiger partial charge in [-0.15, -0.1) is 0 Å². The second-order valence-electron chi connectivity index (χ2n) is 9.67. The normalized spacial score (nSPS) is 15.2. The minimum atomic E-state index is -3.81. The van der Waals surface area contributed by atoms with E-state index >= 15 is 0 Å². The van der Waals surface area contributed by atoms with Crippen LogP contribution in [-0.2, 0) is 26.2 Å². The molecule has 0 saturated heterocycles. The van der Waals surface area contributed by atoms with Gasteiger partial charge in [-0.25, -0.2) is 12.8 Å². The highest BCUT2D eigenvalue weighted by Gasteiger charge is 2.31. The number of hydrogen-bond acceptors (Lipinski definition) is 4. The predicted octanol–water partition coefficient (Wildman–Crippen LogP) is 4.07. The van der Waals surface area contributed by atoms with Crippen molar-refractivity contribution in [3.63, 3.8) is 0 Å². The van der Waals surface area contributed by atoms with Gasteiger partial charge in [0.25, 0.3) is 0 Å². The lowest BCUT2D eigenvalue weighted by molar-refractivity contribution is -0.139. The summed E-state index contributed by atoms with van der Waals surface area (Å²) in [5.74, 6) is -1.42. The number of nitrogens with zero attached hydrogens (tertiary/aromatic N) is 2. The van der Waals surface area contributed by atoms with E-state index in [0.717, 1.165) is 53.8 Å². The number of anilines is 1. The maximum absolute atomic E-state index is 14.5. The number of hydrogen-bond donors (Lipinski definition) is 1. The third kappa shape index (κ3) is 7.06. The van der Waals surface area contributed by atoms with Crippen molar-refractivity contribution in [1.29, 1.82) is 0 Å². The molecular weight excluding hydrogens is 481 g/mol. The van der Waals surface area contributed by atoms with Crippen molar-refractivity contribution in [1.82, 2.24) is 10.2 Å². The molecule has 2 aromatic rings. The molecule has 0 aromatic heterocycles. The van der Waals surface area contributed by atoms with Gasteiger partial charge in [0.2, 0.25) is 21.8 Å². The molecule has 9 heteroatoms. The summed E-state index contributed by atoms with van der Waals surface area (Å²) in [6, 6.07) is 10.3. The van der Waals surface area contributed by atoms with Gasteiger partial charge in [-0.2, -0.15) is 0 Å². The predicted molar refractivity (Wildman–Crippen MR) is 140 cm³/mol. The minimum absolute atomic E-state index is 0.0437. The average molecular weight is 518 g/mol. The highest BCUT2D eigenvalue weighted by atomic mass is 32.2. The number of nitrogens with one attached hydrogen (secondary N) is 1. The lowest BCUT2D eigenvalue weighted by atomic mass is 9.95. The molecule has 196 valence electrons. The standard InChI is InChI=1S/C27H36FN3O4S/c1-19-14-15-24(16-20(19)2)31(36(4,34)35)18-26(32)30(17-22-10-8-9-13-25(22)28)21(3)27(33)29-23-11-6-5-7-12-23/h8-10,13-16,21,23H,5-7,11-12,17-18H2,1-4H3,(H,29,33)/t21-/m0/s1. The van der Waals surface area contributed by atoms with E-state index in [1.165, 1.54) is 11.0 Å². The van der Waals surface area contributed by atoms with Crippen LogP contribution in [0.4, 0.5) is 10.1 Å².